The Hall–Kier alpha value is -2.43. The van der Waals surface area contributed by atoms with Crippen molar-refractivity contribution in [2.45, 2.75) is 6.04 Å². The lowest BCUT2D eigenvalue weighted by molar-refractivity contribution is 0.623. The maximum absolute atomic E-state index is 5.70. The van der Waals surface area contributed by atoms with E-state index in [9.17, 15) is 0 Å². The molecule has 21 heavy (non-hydrogen) atoms. The van der Waals surface area contributed by atoms with Crippen molar-refractivity contribution >= 4 is 0 Å². The average Bonchev–Trinajstić information content (AvgIpc) is 2.96. The summed E-state index contributed by atoms with van der Waals surface area (Å²) in [5, 5.41) is 0. The van der Waals surface area contributed by atoms with Crippen molar-refractivity contribution in [1.29, 1.82) is 0 Å². The minimum absolute atomic E-state index is 0.101. The van der Waals surface area contributed by atoms with Crippen LogP contribution in [-0.2, 0) is 7.05 Å². The van der Waals surface area contributed by atoms with Crippen LogP contribution in [-0.4, -0.2) is 9.55 Å². The first-order chi connectivity index (χ1) is 10.3. The zero-order valence-corrected chi connectivity index (χ0v) is 11.9. The number of hydrazine groups is 1. The second kappa shape index (κ2) is 5.91. The summed E-state index contributed by atoms with van der Waals surface area (Å²) in [6.45, 7) is 0. The highest BCUT2D eigenvalue weighted by Crippen LogP contribution is 2.24. The first-order valence-corrected chi connectivity index (χ1v) is 6.87. The molecule has 3 aromatic rings. The molecule has 0 fully saturated rings. The third kappa shape index (κ3) is 2.86. The molecule has 0 aliphatic rings. The summed E-state index contributed by atoms with van der Waals surface area (Å²) < 4.78 is 1.91. The van der Waals surface area contributed by atoms with Crippen molar-refractivity contribution in [3.8, 4) is 11.1 Å². The van der Waals surface area contributed by atoms with E-state index in [2.05, 4.69) is 46.8 Å². The highest BCUT2D eigenvalue weighted by atomic mass is 15.2. The van der Waals surface area contributed by atoms with Gasteiger partial charge in [-0.15, -0.1) is 0 Å². The zero-order valence-electron chi connectivity index (χ0n) is 11.9. The third-order valence-corrected chi connectivity index (χ3v) is 3.54. The number of benzene rings is 2. The van der Waals surface area contributed by atoms with Crippen molar-refractivity contribution in [1.82, 2.24) is 15.0 Å². The molecule has 3 N–H and O–H groups in total. The summed E-state index contributed by atoms with van der Waals surface area (Å²) in [5.41, 5.74) is 7.23. The molecule has 0 amide bonds. The van der Waals surface area contributed by atoms with E-state index in [0.29, 0.717) is 0 Å². The molecule has 4 nitrogen and oxygen atoms in total. The van der Waals surface area contributed by atoms with Gasteiger partial charge in [0, 0.05) is 13.2 Å². The minimum atomic E-state index is -0.101. The number of nitrogens with two attached hydrogens (primary N) is 1. The van der Waals surface area contributed by atoms with Gasteiger partial charge in [0.05, 0.1) is 18.1 Å². The van der Waals surface area contributed by atoms with Gasteiger partial charge in [0.15, 0.2) is 0 Å². The van der Waals surface area contributed by atoms with Crippen LogP contribution in [0, 0.1) is 0 Å². The van der Waals surface area contributed by atoms with Crippen LogP contribution in [0.15, 0.2) is 67.1 Å². The molecule has 0 saturated carbocycles. The largest absolute Gasteiger partial charge is 0.340 e. The number of aromatic nitrogens is 2. The third-order valence-electron chi connectivity index (χ3n) is 3.54. The van der Waals surface area contributed by atoms with Crippen molar-refractivity contribution < 1.29 is 0 Å². The molecule has 1 aromatic heterocycles. The smallest absolute Gasteiger partial charge is 0.0947 e. The molecule has 3 rings (SSSR count). The van der Waals surface area contributed by atoms with E-state index in [1.807, 2.05) is 36.0 Å². The highest BCUT2D eigenvalue weighted by molar-refractivity contribution is 5.63. The molecule has 2 aromatic carbocycles. The highest BCUT2D eigenvalue weighted by Gasteiger charge is 2.14. The van der Waals surface area contributed by atoms with Crippen LogP contribution in [0.4, 0.5) is 0 Å². The summed E-state index contributed by atoms with van der Waals surface area (Å²) in [5.74, 6) is 5.70. The first kappa shape index (κ1) is 13.5. The number of imidazole rings is 1. The number of nitrogens with one attached hydrogen (secondary N) is 1. The van der Waals surface area contributed by atoms with Crippen molar-refractivity contribution in [3.05, 3.63) is 78.4 Å². The fourth-order valence-corrected chi connectivity index (χ4v) is 2.43. The van der Waals surface area contributed by atoms with E-state index in [1.54, 1.807) is 6.33 Å². The molecule has 0 radical (unpaired) electrons. The van der Waals surface area contributed by atoms with Gasteiger partial charge in [-0.2, -0.15) is 0 Å². The van der Waals surface area contributed by atoms with Crippen LogP contribution in [0.1, 0.15) is 17.3 Å². The molecular formula is C17H18N4. The van der Waals surface area contributed by atoms with Gasteiger partial charge in [-0.05, 0) is 16.7 Å². The van der Waals surface area contributed by atoms with Crippen LogP contribution < -0.4 is 11.3 Å². The number of aryl methyl sites for hydroxylation is 1. The van der Waals surface area contributed by atoms with Gasteiger partial charge in [-0.3, -0.25) is 5.84 Å². The molecule has 0 bridgehead atoms. The Bertz CT molecular complexity index is 701. The Kier molecular flexibility index (Phi) is 3.81. The number of rotatable bonds is 4. The molecule has 0 saturated heterocycles. The number of nitrogens with zero attached hydrogens (tertiary/aromatic N) is 2. The maximum Gasteiger partial charge on any atom is 0.0947 e. The summed E-state index contributed by atoms with van der Waals surface area (Å²) in [4.78, 5) is 4.36. The minimum Gasteiger partial charge on any atom is -0.340 e. The van der Waals surface area contributed by atoms with Crippen molar-refractivity contribution in [2.24, 2.45) is 12.9 Å². The summed E-state index contributed by atoms with van der Waals surface area (Å²) in [7, 11) is 1.95. The first-order valence-electron chi connectivity index (χ1n) is 6.87. The van der Waals surface area contributed by atoms with Crippen LogP contribution in [0.2, 0.25) is 0 Å². The molecule has 106 valence electrons. The molecule has 1 atom stereocenters. The second-order valence-corrected chi connectivity index (χ2v) is 5.05. The second-order valence-electron chi connectivity index (χ2n) is 5.05. The fraction of sp³-hybridized carbons (Fsp3) is 0.118. The fourth-order valence-electron chi connectivity index (χ4n) is 2.43. The predicted molar refractivity (Wildman–Crippen MR) is 84.3 cm³/mol. The van der Waals surface area contributed by atoms with E-state index in [-0.39, 0.29) is 6.04 Å². The molecule has 4 heteroatoms. The van der Waals surface area contributed by atoms with Crippen molar-refractivity contribution in [3.63, 3.8) is 0 Å². The van der Waals surface area contributed by atoms with Crippen LogP contribution in [0.25, 0.3) is 11.1 Å². The van der Waals surface area contributed by atoms with E-state index in [0.717, 1.165) is 11.3 Å². The van der Waals surface area contributed by atoms with Gasteiger partial charge in [0.1, 0.15) is 0 Å². The predicted octanol–water partition coefficient (Wildman–Crippen LogP) is 2.64. The summed E-state index contributed by atoms with van der Waals surface area (Å²) >= 11 is 0. The lowest BCUT2D eigenvalue weighted by Crippen LogP contribution is -2.29. The maximum atomic E-state index is 5.70. The Balaban J connectivity index is 1.89. The van der Waals surface area contributed by atoms with Crippen LogP contribution in [0.3, 0.4) is 0 Å². The van der Waals surface area contributed by atoms with E-state index < -0.39 is 0 Å². The molecule has 0 spiro atoms. The Morgan fingerprint density at radius 2 is 1.67 bits per heavy atom. The number of hydrogen-bond acceptors (Lipinski definition) is 3. The van der Waals surface area contributed by atoms with Gasteiger partial charge in [-0.1, -0.05) is 54.6 Å². The monoisotopic (exact) mass is 278 g/mol. The summed E-state index contributed by atoms with van der Waals surface area (Å²) in [6, 6.07) is 18.6. The van der Waals surface area contributed by atoms with Crippen molar-refractivity contribution in [2.75, 3.05) is 0 Å². The SMILES string of the molecule is Cn1cnc(C(NN)c2ccc(-c3ccccc3)cc2)c1. The quantitative estimate of drug-likeness (QED) is 0.570. The summed E-state index contributed by atoms with van der Waals surface area (Å²) in [6.07, 6.45) is 3.74. The van der Waals surface area contributed by atoms with Gasteiger partial charge < -0.3 is 4.57 Å². The number of hydrogen-bond donors (Lipinski definition) is 2. The Labute approximate surface area is 124 Å². The Morgan fingerprint density at radius 3 is 2.24 bits per heavy atom. The lowest BCUT2D eigenvalue weighted by Gasteiger charge is -2.14. The van der Waals surface area contributed by atoms with Crippen LogP contribution in [0.5, 0.6) is 0 Å². The molecule has 1 unspecified atom stereocenters. The van der Waals surface area contributed by atoms with E-state index >= 15 is 0 Å². The average molecular weight is 278 g/mol. The molecule has 0 aliphatic carbocycles. The van der Waals surface area contributed by atoms with E-state index in [1.165, 1.54) is 11.1 Å². The zero-order chi connectivity index (χ0) is 14.7. The van der Waals surface area contributed by atoms with Gasteiger partial charge in [-0.25, -0.2) is 10.4 Å². The lowest BCUT2D eigenvalue weighted by atomic mass is 10.00. The molecule has 1 heterocycles. The topological polar surface area (TPSA) is 55.9 Å². The van der Waals surface area contributed by atoms with Gasteiger partial charge >= 0.3 is 0 Å². The van der Waals surface area contributed by atoms with E-state index in [4.69, 9.17) is 5.84 Å². The van der Waals surface area contributed by atoms with Gasteiger partial charge in [0.2, 0.25) is 0 Å². The normalized spacial score (nSPS) is 12.3. The molecule has 0 aliphatic heterocycles. The molecular weight excluding hydrogens is 260 g/mol. The standard InChI is InChI=1S/C17H18N4/c1-21-11-16(19-12-21)17(20-18)15-9-7-14(8-10-15)13-5-3-2-4-6-13/h2-12,17,20H,18H2,1H3. The Morgan fingerprint density at radius 1 is 1.00 bits per heavy atom. The van der Waals surface area contributed by atoms with Crippen LogP contribution >= 0.6 is 0 Å². The van der Waals surface area contributed by atoms with Gasteiger partial charge in [0.25, 0.3) is 0 Å².